The van der Waals surface area contributed by atoms with Crippen LogP contribution in [-0.4, -0.2) is 27.5 Å². The molecule has 0 aliphatic rings. The Hall–Kier alpha value is -1.39. The maximum Gasteiger partial charge on any atom is 0.331 e. The van der Waals surface area contributed by atoms with Gasteiger partial charge in [0.05, 0.1) is 32.0 Å². The van der Waals surface area contributed by atoms with Crippen LogP contribution in [0.3, 0.4) is 0 Å². The fourth-order valence-electron chi connectivity index (χ4n) is 1.93. The van der Waals surface area contributed by atoms with Gasteiger partial charge in [0, 0.05) is 0 Å². The minimum atomic E-state index is -0.334. The van der Waals surface area contributed by atoms with Crippen LogP contribution in [0, 0.1) is 0 Å². The lowest BCUT2D eigenvalue weighted by Gasteiger charge is -2.09. The van der Waals surface area contributed by atoms with E-state index in [9.17, 15) is 9.90 Å². The molecule has 0 radical (unpaired) electrons. The minimum Gasteiger partial charge on any atom is -0.493 e. The third-order valence-electron chi connectivity index (χ3n) is 2.72. The second-order valence-corrected chi connectivity index (χ2v) is 4.29. The van der Waals surface area contributed by atoms with Gasteiger partial charge in [0.15, 0.2) is 0 Å². The van der Waals surface area contributed by atoms with E-state index in [0.29, 0.717) is 5.69 Å². The zero-order chi connectivity index (χ0) is 14.4. The number of aromatic nitrogens is 2. The van der Waals surface area contributed by atoms with Crippen molar-refractivity contribution in [3.05, 3.63) is 16.2 Å². The third kappa shape index (κ3) is 3.55. The van der Waals surface area contributed by atoms with Crippen molar-refractivity contribution in [2.75, 3.05) is 13.2 Å². The predicted molar refractivity (Wildman–Crippen MR) is 67.9 cm³/mol. The van der Waals surface area contributed by atoms with E-state index in [1.54, 1.807) is 0 Å². The van der Waals surface area contributed by atoms with Gasteiger partial charge in [-0.2, -0.15) is 0 Å². The Kier molecular flexibility index (Phi) is 5.99. The summed E-state index contributed by atoms with van der Waals surface area (Å²) in [5.74, 6) is 9.83. The summed E-state index contributed by atoms with van der Waals surface area (Å²) in [4.78, 5) is 21.4. The summed E-state index contributed by atoms with van der Waals surface area (Å²) in [5.41, 5.74) is 2.25. The largest absolute Gasteiger partial charge is 0.493 e. The molecule has 19 heavy (non-hydrogen) atoms. The maximum atomic E-state index is 12.2. The van der Waals surface area contributed by atoms with E-state index in [1.807, 2.05) is 19.4 Å². The molecule has 0 fully saturated rings. The predicted octanol–water partition coefficient (Wildman–Crippen LogP) is -1.24. The molecule has 0 atom stereocenters. The van der Waals surface area contributed by atoms with E-state index < -0.39 is 0 Å². The molecule has 110 valence electrons. The summed E-state index contributed by atoms with van der Waals surface area (Å²) in [6.45, 7) is 4.57. The first-order valence-electron chi connectivity index (χ1n) is 5.95. The third-order valence-corrected chi connectivity index (χ3v) is 2.72. The fraction of sp³-hybridized carbons (Fsp3) is 0.700. The Balaban J connectivity index is 3.08. The van der Waals surface area contributed by atoms with Crippen LogP contribution in [0.2, 0.25) is 0 Å². The molecule has 1 aromatic heterocycles. The second-order valence-electron chi connectivity index (χ2n) is 4.29. The SMILES string of the molecule is CC(C)c1c(O)n(CCON)c(=O)n1CCONN. The number of hydrogen-bond donors (Lipinski definition) is 4. The first kappa shape index (κ1) is 15.7. The van der Waals surface area contributed by atoms with Crippen LogP contribution in [0.1, 0.15) is 25.5 Å². The molecule has 9 nitrogen and oxygen atoms in total. The van der Waals surface area contributed by atoms with Crippen molar-refractivity contribution in [3.8, 4) is 5.88 Å². The molecule has 0 saturated carbocycles. The highest BCUT2D eigenvalue weighted by molar-refractivity contribution is 5.23. The molecule has 0 aromatic carbocycles. The number of aromatic hydroxyl groups is 1. The van der Waals surface area contributed by atoms with Crippen LogP contribution in [-0.2, 0) is 22.8 Å². The lowest BCUT2D eigenvalue weighted by Crippen LogP contribution is -2.30. The maximum absolute atomic E-state index is 12.2. The summed E-state index contributed by atoms with van der Waals surface area (Å²) in [5, 5.41) is 10.1. The van der Waals surface area contributed by atoms with Crippen molar-refractivity contribution >= 4 is 0 Å². The van der Waals surface area contributed by atoms with E-state index in [2.05, 4.69) is 4.84 Å². The molecule has 1 heterocycles. The van der Waals surface area contributed by atoms with Gasteiger partial charge in [0.2, 0.25) is 5.88 Å². The second kappa shape index (κ2) is 7.26. The van der Waals surface area contributed by atoms with Crippen molar-refractivity contribution in [1.29, 1.82) is 0 Å². The highest BCUT2D eigenvalue weighted by Gasteiger charge is 2.21. The number of imidazole rings is 1. The summed E-state index contributed by atoms with van der Waals surface area (Å²) >= 11 is 0. The van der Waals surface area contributed by atoms with Crippen LogP contribution in [0.15, 0.2) is 4.79 Å². The van der Waals surface area contributed by atoms with Crippen molar-refractivity contribution in [2.24, 2.45) is 11.7 Å². The summed E-state index contributed by atoms with van der Waals surface area (Å²) in [6.07, 6.45) is 0. The molecule has 6 N–H and O–H groups in total. The molecule has 1 aromatic rings. The van der Waals surface area contributed by atoms with E-state index in [1.165, 1.54) is 9.13 Å². The number of nitrogens with two attached hydrogens (primary N) is 2. The van der Waals surface area contributed by atoms with Crippen LogP contribution in [0.25, 0.3) is 0 Å². The average Bonchev–Trinajstić information content (AvgIpc) is 2.59. The molecule has 0 saturated heterocycles. The molecular formula is C10H21N5O4. The quantitative estimate of drug-likeness (QED) is 0.265. The number of hydrogen-bond acceptors (Lipinski definition) is 7. The van der Waals surface area contributed by atoms with Crippen molar-refractivity contribution in [1.82, 2.24) is 14.7 Å². The van der Waals surface area contributed by atoms with Gasteiger partial charge in [-0.3, -0.25) is 14.0 Å². The van der Waals surface area contributed by atoms with Gasteiger partial charge in [-0.05, 0) is 5.92 Å². The van der Waals surface area contributed by atoms with Crippen LogP contribution >= 0.6 is 0 Å². The number of nitrogens with zero attached hydrogens (tertiary/aromatic N) is 2. The van der Waals surface area contributed by atoms with Gasteiger partial charge in [0.1, 0.15) is 0 Å². The standard InChI is InChI=1S/C10H21N5O4/c1-7(2)8-9(16)15(3-5-18-12)10(17)14(8)4-6-19-13-11/h7,13,16H,3-6,11-12H2,1-2H3. The van der Waals surface area contributed by atoms with E-state index in [4.69, 9.17) is 16.6 Å². The molecule has 0 unspecified atom stereocenters. The van der Waals surface area contributed by atoms with Crippen molar-refractivity contribution in [3.63, 3.8) is 0 Å². The minimum absolute atomic E-state index is 0.0152. The molecule has 0 amide bonds. The average molecular weight is 275 g/mol. The highest BCUT2D eigenvalue weighted by atomic mass is 16.7. The number of rotatable bonds is 8. The van der Waals surface area contributed by atoms with Crippen LogP contribution in [0.4, 0.5) is 0 Å². The number of nitrogens with one attached hydrogen (secondary N) is 1. The Morgan fingerprint density at radius 2 is 1.95 bits per heavy atom. The Morgan fingerprint density at radius 3 is 2.47 bits per heavy atom. The zero-order valence-corrected chi connectivity index (χ0v) is 11.1. The molecule has 9 heteroatoms. The fourth-order valence-corrected chi connectivity index (χ4v) is 1.93. The van der Waals surface area contributed by atoms with Crippen molar-refractivity contribution in [2.45, 2.75) is 32.9 Å². The van der Waals surface area contributed by atoms with Gasteiger partial charge in [-0.1, -0.05) is 13.8 Å². The first-order valence-corrected chi connectivity index (χ1v) is 5.95. The van der Waals surface area contributed by atoms with E-state index in [-0.39, 0.29) is 43.8 Å². The Labute approximate surface area is 110 Å². The topological polar surface area (TPSA) is 130 Å². The molecular weight excluding hydrogens is 254 g/mol. The van der Waals surface area contributed by atoms with E-state index in [0.717, 1.165) is 0 Å². The lowest BCUT2D eigenvalue weighted by molar-refractivity contribution is 0.0350. The smallest absolute Gasteiger partial charge is 0.331 e. The normalized spacial score (nSPS) is 11.4. The summed E-state index contributed by atoms with van der Waals surface area (Å²) in [7, 11) is 0. The zero-order valence-electron chi connectivity index (χ0n) is 11.1. The first-order chi connectivity index (χ1) is 9.04. The van der Waals surface area contributed by atoms with Crippen LogP contribution < -0.4 is 23.0 Å². The highest BCUT2D eigenvalue weighted by Crippen LogP contribution is 2.24. The van der Waals surface area contributed by atoms with E-state index >= 15 is 0 Å². The van der Waals surface area contributed by atoms with Crippen molar-refractivity contribution < 1.29 is 14.8 Å². The lowest BCUT2D eigenvalue weighted by atomic mass is 10.1. The van der Waals surface area contributed by atoms with Gasteiger partial charge in [-0.25, -0.2) is 16.5 Å². The van der Waals surface area contributed by atoms with Gasteiger partial charge >= 0.3 is 5.69 Å². The molecule has 1 rings (SSSR count). The molecule has 0 spiro atoms. The summed E-state index contributed by atoms with van der Waals surface area (Å²) < 4.78 is 2.67. The molecule has 0 aliphatic heterocycles. The number of hydrazine groups is 1. The molecule has 0 aliphatic carbocycles. The summed E-state index contributed by atoms with van der Waals surface area (Å²) in [6, 6.07) is 0. The molecule has 0 bridgehead atoms. The van der Waals surface area contributed by atoms with Gasteiger partial charge in [0.25, 0.3) is 0 Å². The Morgan fingerprint density at radius 1 is 1.32 bits per heavy atom. The Bertz CT molecular complexity index is 454. The van der Waals surface area contributed by atoms with Crippen LogP contribution in [0.5, 0.6) is 5.88 Å². The van der Waals surface area contributed by atoms with Gasteiger partial charge < -0.3 is 9.94 Å². The monoisotopic (exact) mass is 275 g/mol. The van der Waals surface area contributed by atoms with Gasteiger partial charge in [-0.15, -0.1) is 5.59 Å².